The molecule has 3 aromatic rings. The molecule has 2 heterocycles. The first-order valence-corrected chi connectivity index (χ1v) is 10.3. The second kappa shape index (κ2) is 8.67. The zero-order chi connectivity index (χ0) is 22.0. The number of amides is 1. The van der Waals surface area contributed by atoms with Gasteiger partial charge < -0.3 is 24.7 Å². The molecular formula is C23H26N4O4. The molecule has 0 unspecified atom stereocenters. The van der Waals surface area contributed by atoms with Crippen molar-refractivity contribution in [2.45, 2.75) is 31.7 Å². The minimum atomic E-state index is -0.546. The van der Waals surface area contributed by atoms with Gasteiger partial charge in [-0.15, -0.1) is 0 Å². The van der Waals surface area contributed by atoms with Crippen LogP contribution >= 0.6 is 0 Å². The standard InChI is InChI=1S/C23H26N4O4/c1-27-20(23(29)31-3)19(26-22(28)14-8-10-17(30-2)11-9-14)18-12-16(13-24-21(18)27)25-15-6-4-5-7-15/h8-13,15,25H,4-7H2,1-3H3,(H,26,28). The normalized spacial score (nSPS) is 13.9. The first-order chi connectivity index (χ1) is 15.0. The van der Waals surface area contributed by atoms with E-state index in [4.69, 9.17) is 9.47 Å². The van der Waals surface area contributed by atoms with Crippen LogP contribution in [0.4, 0.5) is 11.4 Å². The van der Waals surface area contributed by atoms with Crippen LogP contribution in [0.1, 0.15) is 46.5 Å². The number of fused-ring (bicyclic) bond motifs is 1. The number of carbonyl (C=O) groups excluding carboxylic acids is 2. The number of pyridine rings is 1. The number of hydrogen-bond acceptors (Lipinski definition) is 6. The Balaban J connectivity index is 1.73. The Morgan fingerprint density at radius 3 is 2.48 bits per heavy atom. The summed E-state index contributed by atoms with van der Waals surface area (Å²) in [6.45, 7) is 0. The van der Waals surface area contributed by atoms with Gasteiger partial charge in [-0.25, -0.2) is 9.78 Å². The lowest BCUT2D eigenvalue weighted by Gasteiger charge is -2.13. The number of nitrogens with one attached hydrogen (secondary N) is 2. The summed E-state index contributed by atoms with van der Waals surface area (Å²) in [5, 5.41) is 7.08. The van der Waals surface area contributed by atoms with Crippen molar-refractivity contribution in [3.63, 3.8) is 0 Å². The molecule has 1 amide bonds. The quantitative estimate of drug-likeness (QED) is 0.584. The fraction of sp³-hybridized carbons (Fsp3) is 0.348. The first kappa shape index (κ1) is 20.7. The smallest absolute Gasteiger partial charge is 0.356 e. The van der Waals surface area contributed by atoms with Gasteiger partial charge in [0.05, 0.1) is 31.8 Å². The van der Waals surface area contributed by atoms with Gasteiger partial charge in [0, 0.05) is 24.0 Å². The molecule has 162 valence electrons. The summed E-state index contributed by atoms with van der Waals surface area (Å²) >= 11 is 0. The van der Waals surface area contributed by atoms with E-state index in [1.165, 1.54) is 20.0 Å². The number of nitrogens with zero attached hydrogens (tertiary/aromatic N) is 2. The van der Waals surface area contributed by atoms with Crippen LogP contribution in [0.25, 0.3) is 11.0 Å². The van der Waals surface area contributed by atoms with Crippen LogP contribution in [0, 0.1) is 0 Å². The molecule has 0 saturated heterocycles. The second-order valence-electron chi connectivity index (χ2n) is 7.68. The summed E-state index contributed by atoms with van der Waals surface area (Å²) in [5.41, 5.74) is 2.52. The van der Waals surface area contributed by atoms with Gasteiger partial charge in [-0.05, 0) is 43.2 Å². The van der Waals surface area contributed by atoms with Crippen molar-refractivity contribution in [1.82, 2.24) is 9.55 Å². The Labute approximate surface area is 180 Å². The molecule has 1 aliphatic rings. The monoisotopic (exact) mass is 422 g/mol. The molecule has 8 nitrogen and oxygen atoms in total. The molecule has 1 saturated carbocycles. The average Bonchev–Trinajstić information content (AvgIpc) is 3.39. The molecule has 1 fully saturated rings. The molecule has 0 spiro atoms. The molecule has 2 aromatic heterocycles. The van der Waals surface area contributed by atoms with E-state index in [1.807, 2.05) is 6.07 Å². The molecule has 2 N–H and O–H groups in total. The predicted octanol–water partition coefficient (Wildman–Crippen LogP) is 3.98. The number of ether oxygens (including phenoxy) is 2. The summed E-state index contributed by atoms with van der Waals surface area (Å²) in [6, 6.07) is 9.11. The molecule has 1 aliphatic carbocycles. The van der Waals surface area contributed by atoms with Crippen molar-refractivity contribution in [2.24, 2.45) is 7.05 Å². The Morgan fingerprint density at radius 1 is 1.13 bits per heavy atom. The van der Waals surface area contributed by atoms with Crippen molar-refractivity contribution in [3.8, 4) is 5.75 Å². The molecule has 31 heavy (non-hydrogen) atoms. The number of anilines is 2. The molecule has 0 aliphatic heterocycles. The van der Waals surface area contributed by atoms with Crippen molar-refractivity contribution in [3.05, 3.63) is 47.8 Å². The van der Waals surface area contributed by atoms with E-state index in [0.717, 1.165) is 18.5 Å². The summed E-state index contributed by atoms with van der Waals surface area (Å²) in [5.74, 6) is -0.228. The van der Waals surface area contributed by atoms with E-state index >= 15 is 0 Å². The van der Waals surface area contributed by atoms with Gasteiger partial charge in [0.2, 0.25) is 0 Å². The Bertz CT molecular complexity index is 1110. The fourth-order valence-electron chi connectivity index (χ4n) is 4.09. The molecule has 0 bridgehead atoms. The number of aromatic nitrogens is 2. The van der Waals surface area contributed by atoms with Gasteiger partial charge in [0.25, 0.3) is 5.91 Å². The van der Waals surface area contributed by atoms with Crippen LogP contribution in [0.5, 0.6) is 5.75 Å². The highest BCUT2D eigenvalue weighted by molar-refractivity contribution is 6.14. The molecule has 4 rings (SSSR count). The van der Waals surface area contributed by atoms with Gasteiger partial charge >= 0.3 is 5.97 Å². The van der Waals surface area contributed by atoms with Crippen LogP contribution in [-0.2, 0) is 11.8 Å². The zero-order valence-electron chi connectivity index (χ0n) is 17.9. The highest BCUT2D eigenvalue weighted by Crippen LogP contribution is 2.33. The van der Waals surface area contributed by atoms with Crippen LogP contribution in [0.15, 0.2) is 36.5 Å². The SMILES string of the molecule is COC(=O)c1c(NC(=O)c2ccc(OC)cc2)c2cc(NC3CCCC3)cnc2n1C. The number of benzene rings is 1. The van der Waals surface area contributed by atoms with Gasteiger partial charge in [0.15, 0.2) is 5.69 Å². The highest BCUT2D eigenvalue weighted by Gasteiger charge is 2.25. The molecule has 0 radical (unpaired) electrons. The largest absolute Gasteiger partial charge is 0.497 e. The van der Waals surface area contributed by atoms with Crippen molar-refractivity contribution < 1.29 is 19.1 Å². The first-order valence-electron chi connectivity index (χ1n) is 10.3. The van der Waals surface area contributed by atoms with Gasteiger partial charge in [-0.1, -0.05) is 12.8 Å². The molecule has 1 aromatic carbocycles. The summed E-state index contributed by atoms with van der Waals surface area (Å²) in [7, 11) is 4.61. The lowest BCUT2D eigenvalue weighted by Crippen LogP contribution is -2.16. The van der Waals surface area contributed by atoms with Crippen molar-refractivity contribution >= 4 is 34.3 Å². The number of esters is 1. The zero-order valence-corrected chi connectivity index (χ0v) is 17.9. The minimum Gasteiger partial charge on any atom is -0.497 e. The topological polar surface area (TPSA) is 94.5 Å². The predicted molar refractivity (Wildman–Crippen MR) is 119 cm³/mol. The molecule has 0 atom stereocenters. The van der Waals surface area contributed by atoms with E-state index in [1.54, 1.807) is 49.2 Å². The van der Waals surface area contributed by atoms with E-state index in [2.05, 4.69) is 15.6 Å². The third-order valence-electron chi connectivity index (χ3n) is 5.72. The maximum atomic E-state index is 12.9. The van der Waals surface area contributed by atoms with Crippen molar-refractivity contribution in [2.75, 3.05) is 24.9 Å². The Hall–Kier alpha value is -3.55. The number of rotatable bonds is 6. The van der Waals surface area contributed by atoms with Crippen LogP contribution in [-0.4, -0.2) is 41.7 Å². The summed E-state index contributed by atoms with van der Waals surface area (Å²) < 4.78 is 11.8. The van der Waals surface area contributed by atoms with Gasteiger partial charge in [0.1, 0.15) is 11.4 Å². The maximum absolute atomic E-state index is 12.9. The van der Waals surface area contributed by atoms with Gasteiger partial charge in [-0.3, -0.25) is 4.79 Å². The van der Waals surface area contributed by atoms with Crippen LogP contribution in [0.2, 0.25) is 0 Å². The number of methoxy groups -OCH3 is 2. The van der Waals surface area contributed by atoms with Gasteiger partial charge in [-0.2, -0.15) is 0 Å². The van der Waals surface area contributed by atoms with E-state index in [9.17, 15) is 9.59 Å². The number of hydrogen-bond donors (Lipinski definition) is 2. The van der Waals surface area contributed by atoms with Crippen LogP contribution in [0.3, 0.4) is 0 Å². The molecular weight excluding hydrogens is 396 g/mol. The summed E-state index contributed by atoms with van der Waals surface area (Å²) in [6.07, 6.45) is 6.45. The summed E-state index contributed by atoms with van der Waals surface area (Å²) in [4.78, 5) is 30.0. The van der Waals surface area contributed by atoms with Crippen LogP contribution < -0.4 is 15.4 Å². The fourth-order valence-corrected chi connectivity index (χ4v) is 4.09. The highest BCUT2D eigenvalue weighted by atomic mass is 16.5. The lowest BCUT2D eigenvalue weighted by molar-refractivity contribution is 0.0591. The Kier molecular flexibility index (Phi) is 5.79. The second-order valence-corrected chi connectivity index (χ2v) is 7.68. The van der Waals surface area contributed by atoms with E-state index < -0.39 is 5.97 Å². The van der Waals surface area contributed by atoms with Crippen molar-refractivity contribution in [1.29, 1.82) is 0 Å². The number of aryl methyl sites for hydroxylation is 1. The number of carbonyl (C=O) groups is 2. The third-order valence-corrected chi connectivity index (χ3v) is 5.72. The third kappa shape index (κ3) is 4.05. The Morgan fingerprint density at radius 2 is 1.84 bits per heavy atom. The average molecular weight is 422 g/mol. The lowest BCUT2D eigenvalue weighted by atomic mass is 10.1. The minimum absolute atomic E-state index is 0.241. The molecule has 8 heteroatoms. The van der Waals surface area contributed by atoms with E-state index in [-0.39, 0.29) is 11.6 Å². The van der Waals surface area contributed by atoms with E-state index in [0.29, 0.717) is 34.1 Å². The maximum Gasteiger partial charge on any atom is 0.356 e.